The Morgan fingerprint density at radius 3 is 1.73 bits per heavy atom. The lowest BCUT2D eigenvalue weighted by molar-refractivity contribution is 0.289. The molecule has 0 aliphatic heterocycles. The minimum absolute atomic E-state index is 0.409. The van der Waals surface area contributed by atoms with Crippen molar-refractivity contribution in [2.75, 3.05) is 0 Å². The van der Waals surface area contributed by atoms with Crippen LogP contribution in [0.1, 0.15) is 0 Å². The molecule has 5 heteroatoms. The summed E-state index contributed by atoms with van der Waals surface area (Å²) in [6.07, 6.45) is 0. The van der Waals surface area contributed by atoms with E-state index in [4.69, 9.17) is 4.52 Å². The van der Waals surface area contributed by atoms with E-state index in [9.17, 15) is 4.79 Å². The van der Waals surface area contributed by atoms with Crippen molar-refractivity contribution in [1.82, 2.24) is 4.74 Å². The molecule has 4 nitrogen and oxygen atoms in total. The second-order valence-corrected chi connectivity index (χ2v) is 10.5. The van der Waals surface area contributed by atoms with Crippen molar-refractivity contribution in [2.45, 2.75) is 0 Å². The molecule has 0 fully saturated rings. The average molecular weight is 451 g/mol. The number of hydrogen-bond donors (Lipinski definition) is 0. The SMILES string of the molecule is Cn1oc(=O)c(-c2ccccc2P(=O)(c2ccccc2)c2ccccc2)c1-c1ccccc1. The van der Waals surface area contributed by atoms with Crippen molar-refractivity contribution in [1.29, 1.82) is 0 Å². The van der Waals surface area contributed by atoms with Crippen molar-refractivity contribution in [3.63, 3.8) is 0 Å². The third-order valence-electron chi connectivity index (χ3n) is 5.78. The predicted octanol–water partition coefficient (Wildman–Crippen LogP) is 4.95. The summed E-state index contributed by atoms with van der Waals surface area (Å²) in [6, 6.07) is 36.0. The molecule has 33 heavy (non-hydrogen) atoms. The zero-order chi connectivity index (χ0) is 22.8. The minimum atomic E-state index is -3.29. The van der Waals surface area contributed by atoms with Gasteiger partial charge in [0.2, 0.25) is 0 Å². The number of benzene rings is 4. The first-order chi connectivity index (χ1) is 16.1. The van der Waals surface area contributed by atoms with Gasteiger partial charge in [0.15, 0.2) is 7.14 Å². The molecular formula is C28H22NO3P. The molecule has 0 atom stereocenters. The normalized spacial score (nSPS) is 11.4. The Labute approximate surface area is 192 Å². The van der Waals surface area contributed by atoms with Crippen LogP contribution in [0, 0.1) is 0 Å². The quantitative estimate of drug-likeness (QED) is 0.355. The number of aryl methyl sites for hydroxylation is 1. The lowest BCUT2D eigenvalue weighted by Gasteiger charge is -2.22. The molecule has 5 rings (SSSR count). The molecular weight excluding hydrogens is 429 g/mol. The Bertz CT molecular complexity index is 1460. The monoisotopic (exact) mass is 451 g/mol. The van der Waals surface area contributed by atoms with E-state index in [-0.39, 0.29) is 0 Å². The van der Waals surface area contributed by atoms with Gasteiger partial charge in [0.25, 0.3) is 0 Å². The highest BCUT2D eigenvalue weighted by molar-refractivity contribution is 7.85. The van der Waals surface area contributed by atoms with Crippen LogP contribution in [0.15, 0.2) is 125 Å². The van der Waals surface area contributed by atoms with Gasteiger partial charge in [0.05, 0.1) is 11.3 Å². The maximum Gasteiger partial charge on any atom is 0.365 e. The molecule has 0 saturated carbocycles. The molecule has 0 spiro atoms. The summed E-state index contributed by atoms with van der Waals surface area (Å²) in [7, 11) is -1.58. The summed E-state index contributed by atoms with van der Waals surface area (Å²) in [5, 5.41) is 2.04. The fraction of sp³-hybridized carbons (Fsp3) is 0.0357. The molecule has 4 aromatic carbocycles. The van der Waals surface area contributed by atoms with Gasteiger partial charge in [-0.2, -0.15) is 0 Å². The number of hydrogen-bond acceptors (Lipinski definition) is 3. The molecule has 0 radical (unpaired) electrons. The highest BCUT2D eigenvalue weighted by Gasteiger charge is 2.34. The van der Waals surface area contributed by atoms with Gasteiger partial charge < -0.3 is 9.09 Å². The molecule has 5 aromatic rings. The van der Waals surface area contributed by atoms with E-state index in [0.29, 0.717) is 32.7 Å². The molecule has 0 aliphatic rings. The smallest absolute Gasteiger partial charge is 0.335 e. The topological polar surface area (TPSA) is 52.2 Å². The maximum atomic E-state index is 15.0. The summed E-state index contributed by atoms with van der Waals surface area (Å²) in [5.74, 6) is 0. The van der Waals surface area contributed by atoms with Crippen molar-refractivity contribution >= 4 is 23.1 Å². The summed E-state index contributed by atoms with van der Waals surface area (Å²) in [4.78, 5) is 13.1. The Hall–Kier alpha value is -3.88. The van der Waals surface area contributed by atoms with Crippen LogP contribution >= 0.6 is 7.14 Å². The highest BCUT2D eigenvalue weighted by atomic mass is 31.2. The molecule has 162 valence electrons. The molecule has 0 amide bonds. The Morgan fingerprint density at radius 2 is 1.15 bits per heavy atom. The molecule has 0 saturated heterocycles. The van der Waals surface area contributed by atoms with Gasteiger partial charge in [-0.15, -0.1) is 0 Å². The van der Waals surface area contributed by atoms with E-state index in [2.05, 4.69) is 0 Å². The van der Waals surface area contributed by atoms with Gasteiger partial charge in [-0.05, 0) is 0 Å². The van der Waals surface area contributed by atoms with Crippen LogP contribution in [0.4, 0.5) is 0 Å². The number of rotatable bonds is 5. The summed E-state index contributed by atoms with van der Waals surface area (Å²) >= 11 is 0. The van der Waals surface area contributed by atoms with E-state index in [0.717, 1.165) is 5.56 Å². The van der Waals surface area contributed by atoms with Crippen LogP contribution in [0.2, 0.25) is 0 Å². The van der Waals surface area contributed by atoms with E-state index < -0.39 is 12.8 Å². The second kappa shape index (κ2) is 8.57. The zero-order valence-electron chi connectivity index (χ0n) is 18.1. The van der Waals surface area contributed by atoms with E-state index >= 15 is 4.57 Å². The zero-order valence-corrected chi connectivity index (χ0v) is 19.0. The van der Waals surface area contributed by atoms with E-state index in [1.165, 1.54) is 4.74 Å². The fourth-order valence-electron chi connectivity index (χ4n) is 4.29. The maximum absolute atomic E-state index is 15.0. The minimum Gasteiger partial charge on any atom is -0.335 e. The van der Waals surface area contributed by atoms with Crippen LogP contribution in [-0.4, -0.2) is 4.74 Å². The lowest BCUT2D eigenvalue weighted by Crippen LogP contribution is -2.27. The largest absolute Gasteiger partial charge is 0.365 e. The standard InChI is InChI=1S/C28H22NO3P/c1-29-27(21-13-5-2-6-14-21)26(28(30)32-29)24-19-11-12-20-25(24)33(31,22-15-7-3-8-16-22)23-17-9-4-10-18-23/h2-20H,1H3. The third-order valence-corrected chi connectivity index (χ3v) is 8.89. The molecule has 1 heterocycles. The average Bonchev–Trinajstić information content (AvgIpc) is 3.18. The van der Waals surface area contributed by atoms with Crippen molar-refractivity contribution in [3.05, 3.63) is 126 Å². The lowest BCUT2D eigenvalue weighted by atomic mass is 10.0. The third kappa shape index (κ3) is 3.59. The summed E-state index contributed by atoms with van der Waals surface area (Å²) in [5.41, 5.74) is 2.07. The van der Waals surface area contributed by atoms with E-state index in [1.807, 2.05) is 115 Å². The van der Waals surface area contributed by atoms with Gasteiger partial charge in [-0.25, -0.2) is 9.53 Å². The number of aromatic nitrogens is 1. The van der Waals surface area contributed by atoms with Gasteiger partial charge in [-0.1, -0.05) is 115 Å². The second-order valence-electron chi connectivity index (χ2n) is 7.76. The summed E-state index contributed by atoms with van der Waals surface area (Å²) in [6.45, 7) is 0. The number of nitrogens with zero attached hydrogens (tertiary/aromatic N) is 1. The Balaban J connectivity index is 1.85. The van der Waals surface area contributed by atoms with Gasteiger partial charge >= 0.3 is 5.63 Å². The molecule has 0 bridgehead atoms. The van der Waals surface area contributed by atoms with Crippen LogP contribution in [0.3, 0.4) is 0 Å². The van der Waals surface area contributed by atoms with Crippen molar-refractivity contribution in [2.24, 2.45) is 7.05 Å². The van der Waals surface area contributed by atoms with Crippen LogP contribution in [-0.2, 0) is 11.6 Å². The van der Waals surface area contributed by atoms with Gasteiger partial charge in [-0.3, -0.25) is 0 Å². The summed E-state index contributed by atoms with van der Waals surface area (Å²) < 4.78 is 22.0. The Kier molecular flexibility index (Phi) is 5.45. The van der Waals surface area contributed by atoms with Gasteiger partial charge in [0, 0.05) is 34.1 Å². The molecule has 0 unspecified atom stereocenters. The first-order valence-corrected chi connectivity index (χ1v) is 12.4. The molecule has 1 aromatic heterocycles. The van der Waals surface area contributed by atoms with Crippen LogP contribution < -0.4 is 21.5 Å². The first-order valence-electron chi connectivity index (χ1n) is 10.7. The molecule has 0 N–H and O–H groups in total. The van der Waals surface area contributed by atoms with E-state index in [1.54, 1.807) is 7.05 Å². The van der Waals surface area contributed by atoms with Gasteiger partial charge in [0.1, 0.15) is 0 Å². The first kappa shape index (κ1) is 21.0. The molecule has 0 aliphatic carbocycles. The highest BCUT2D eigenvalue weighted by Crippen LogP contribution is 2.45. The van der Waals surface area contributed by atoms with Crippen molar-refractivity contribution in [3.8, 4) is 22.4 Å². The Morgan fingerprint density at radius 1 is 0.667 bits per heavy atom. The van der Waals surface area contributed by atoms with Crippen LogP contribution in [0.25, 0.3) is 22.4 Å². The fourth-order valence-corrected chi connectivity index (χ4v) is 7.15. The van der Waals surface area contributed by atoms with Crippen LogP contribution in [0.5, 0.6) is 0 Å². The predicted molar refractivity (Wildman–Crippen MR) is 134 cm³/mol. The van der Waals surface area contributed by atoms with Crippen molar-refractivity contribution < 1.29 is 9.09 Å².